The van der Waals surface area contributed by atoms with Crippen LogP contribution in [-0.4, -0.2) is 46.5 Å². The van der Waals surface area contributed by atoms with E-state index in [1.165, 1.54) is 26.1 Å². The average molecular weight is 906 g/mol. The molecule has 0 aliphatic carbocycles. The van der Waals surface area contributed by atoms with Crippen LogP contribution in [0.2, 0.25) is 0 Å². The van der Waals surface area contributed by atoms with Crippen molar-refractivity contribution < 1.29 is 33.9 Å². The van der Waals surface area contributed by atoms with Gasteiger partial charge in [0.05, 0.1) is 0 Å². The molecule has 6 aromatic rings. The Morgan fingerprint density at radius 3 is 0.500 bits per heavy atom. The van der Waals surface area contributed by atoms with E-state index in [0.29, 0.717) is 0 Å². The minimum atomic E-state index is -1.39. The first kappa shape index (κ1) is 43.0. The molecule has 0 saturated heterocycles. The predicted octanol–water partition coefficient (Wildman–Crippen LogP) is 5.28. The molecular formula is C39H30As2Cl3O3Rh. The van der Waals surface area contributed by atoms with Crippen LogP contribution in [0.4, 0.5) is 0 Å². The molecule has 6 rings (SSSR count). The minimum absolute atomic E-state index is 0. The van der Waals surface area contributed by atoms with E-state index in [-0.39, 0.29) is 19.5 Å². The summed E-state index contributed by atoms with van der Waals surface area (Å²) in [7, 11) is 0. The molecule has 0 fully saturated rings. The van der Waals surface area contributed by atoms with Crippen molar-refractivity contribution in [3.63, 3.8) is 0 Å². The van der Waals surface area contributed by atoms with E-state index < -0.39 is 29.3 Å². The molecule has 0 amide bonds. The van der Waals surface area contributed by atoms with E-state index in [1.54, 1.807) is 0 Å². The van der Waals surface area contributed by atoms with Gasteiger partial charge in [0.1, 0.15) is 0 Å². The Bertz CT molecular complexity index is 1340. The molecule has 0 N–H and O–H groups in total. The third-order valence-electron chi connectivity index (χ3n) is 6.09. The molecule has 0 unspecified atom stereocenters. The van der Waals surface area contributed by atoms with Crippen molar-refractivity contribution >= 4 is 107 Å². The number of hydrogen-bond donors (Lipinski definition) is 0. The van der Waals surface area contributed by atoms with Crippen molar-refractivity contribution in [1.29, 1.82) is 0 Å². The summed E-state index contributed by atoms with van der Waals surface area (Å²) < 4.78 is 8.87. The molecule has 9 heteroatoms. The SMILES string of the molecule is O=[C-]Cl.O=[C-]Cl.O=[C-]Cl.[Rh+3].c1ccc([As](c2ccccc2)c2ccccc2)cc1.c1ccc([As](c2ccccc2)c2ccccc2)cc1. The van der Waals surface area contributed by atoms with Crippen molar-refractivity contribution in [2.24, 2.45) is 0 Å². The van der Waals surface area contributed by atoms with Crippen LogP contribution in [0.5, 0.6) is 0 Å². The standard InChI is InChI=1S/2C18H15As.3CClO.Rh/c2*1-4-10-16(11-5-1)19(17-12-6-2-7-13-17)18-14-8-3-9-15-18;3*2-1-3;/h2*1-15H;;;;/q;;3*-1;+3. The Kier molecular flexibility index (Phi) is 24.9. The molecular weight excluding hydrogens is 876 g/mol. The second-order valence-electron chi connectivity index (χ2n) is 8.92. The van der Waals surface area contributed by atoms with Crippen LogP contribution in [0.25, 0.3) is 0 Å². The molecule has 0 spiro atoms. The fraction of sp³-hybridized carbons (Fsp3) is 0. The zero-order valence-corrected chi connectivity index (χ0v) is 33.1. The Morgan fingerprint density at radius 2 is 0.396 bits per heavy atom. The molecule has 0 aliphatic rings. The van der Waals surface area contributed by atoms with Crippen LogP contribution in [-0.2, 0) is 33.9 Å². The maximum atomic E-state index is 8.45. The van der Waals surface area contributed by atoms with Crippen LogP contribution in [0, 0.1) is 0 Å². The molecule has 0 aliphatic heterocycles. The van der Waals surface area contributed by atoms with Gasteiger partial charge in [0, 0.05) is 0 Å². The van der Waals surface area contributed by atoms with Gasteiger partial charge in [-0.05, 0) is 0 Å². The molecule has 0 radical (unpaired) electrons. The van der Waals surface area contributed by atoms with Crippen LogP contribution >= 0.6 is 34.8 Å². The van der Waals surface area contributed by atoms with Crippen molar-refractivity contribution in [1.82, 2.24) is 0 Å². The van der Waals surface area contributed by atoms with Crippen molar-refractivity contribution in [2.75, 3.05) is 0 Å². The zero-order valence-electron chi connectivity index (χ0n) is 25.4. The van der Waals surface area contributed by atoms with Gasteiger partial charge in [-0.1, -0.05) is 0 Å². The second kappa shape index (κ2) is 27.8. The van der Waals surface area contributed by atoms with Crippen LogP contribution in [0.15, 0.2) is 182 Å². The van der Waals surface area contributed by atoms with Crippen molar-refractivity contribution in [3.05, 3.63) is 182 Å². The monoisotopic (exact) mass is 904 g/mol. The topological polar surface area (TPSA) is 51.2 Å². The van der Waals surface area contributed by atoms with Gasteiger partial charge in [0.25, 0.3) is 0 Å². The van der Waals surface area contributed by atoms with E-state index >= 15 is 0 Å². The van der Waals surface area contributed by atoms with Gasteiger partial charge in [-0.2, -0.15) is 17.2 Å². The summed E-state index contributed by atoms with van der Waals surface area (Å²) in [5.41, 5.74) is 0. The first-order valence-corrected chi connectivity index (χ1v) is 20.7. The summed E-state index contributed by atoms with van der Waals surface area (Å²) in [5, 5.41) is 0. The molecule has 0 aromatic heterocycles. The van der Waals surface area contributed by atoms with E-state index in [4.69, 9.17) is 14.4 Å². The summed E-state index contributed by atoms with van der Waals surface area (Å²) in [6, 6.07) is 65.4. The fourth-order valence-electron chi connectivity index (χ4n) is 4.36. The zero-order chi connectivity index (χ0) is 34.0. The third-order valence-corrected chi connectivity index (χ3v) is 16.3. The van der Waals surface area contributed by atoms with Crippen molar-refractivity contribution in [2.45, 2.75) is 0 Å². The van der Waals surface area contributed by atoms with E-state index in [0.717, 1.165) is 17.2 Å². The molecule has 0 bridgehead atoms. The summed E-state index contributed by atoms with van der Waals surface area (Å²) in [6.45, 7) is 0. The quantitative estimate of drug-likeness (QED) is 0.130. The Morgan fingerprint density at radius 1 is 0.292 bits per heavy atom. The van der Waals surface area contributed by atoms with E-state index in [9.17, 15) is 0 Å². The van der Waals surface area contributed by atoms with Gasteiger partial charge < -0.3 is 49.2 Å². The normalized spacial score (nSPS) is 9.19. The van der Waals surface area contributed by atoms with Crippen LogP contribution in [0.3, 0.4) is 0 Å². The summed E-state index contributed by atoms with van der Waals surface area (Å²) in [4.78, 5) is 25.3. The maximum absolute atomic E-state index is 8.45. The van der Waals surface area contributed by atoms with Crippen LogP contribution < -0.4 is 26.1 Å². The predicted molar refractivity (Wildman–Crippen MR) is 203 cm³/mol. The molecule has 3 nitrogen and oxygen atoms in total. The van der Waals surface area contributed by atoms with E-state index in [1.807, 2.05) is 0 Å². The number of hydrogen-bond acceptors (Lipinski definition) is 3. The van der Waals surface area contributed by atoms with Gasteiger partial charge in [-0.25, -0.2) is 0 Å². The number of carbonyl (C=O) groups excluding carboxylic acids is 3. The number of halogens is 3. The molecule has 0 heterocycles. The number of benzene rings is 6. The average Bonchev–Trinajstić information content (AvgIpc) is 3.13. The summed E-state index contributed by atoms with van der Waals surface area (Å²) >= 11 is 9.80. The fourth-order valence-corrected chi connectivity index (χ4v) is 14.0. The Labute approximate surface area is 320 Å². The number of rotatable bonds is 6. The van der Waals surface area contributed by atoms with Gasteiger partial charge in [-0.15, -0.1) is 0 Å². The molecule has 0 saturated carbocycles. The summed E-state index contributed by atoms with van der Waals surface area (Å²) in [5.74, 6) is 2.92. The van der Waals surface area contributed by atoms with Gasteiger partial charge in [-0.3, -0.25) is 0 Å². The van der Waals surface area contributed by atoms with Gasteiger partial charge in [0.2, 0.25) is 0 Å². The first-order chi connectivity index (χ1) is 23.1. The molecule has 0 atom stereocenters. The molecule has 244 valence electrons. The summed E-state index contributed by atoms with van der Waals surface area (Å²) in [6.07, 6.45) is 0. The molecule has 48 heavy (non-hydrogen) atoms. The first-order valence-electron chi connectivity index (χ1n) is 14.0. The van der Waals surface area contributed by atoms with Crippen molar-refractivity contribution in [3.8, 4) is 0 Å². The van der Waals surface area contributed by atoms with Gasteiger partial charge >= 0.3 is 257 Å². The van der Waals surface area contributed by atoms with Crippen LogP contribution in [0.1, 0.15) is 0 Å². The third kappa shape index (κ3) is 15.9. The van der Waals surface area contributed by atoms with E-state index in [2.05, 4.69) is 217 Å². The Balaban J connectivity index is 0.000000380. The molecule has 6 aromatic carbocycles. The second-order valence-corrected chi connectivity index (χ2v) is 18.7. The Hall–Kier alpha value is -3.06. The van der Waals surface area contributed by atoms with Gasteiger partial charge in [0.15, 0.2) is 0 Å².